The van der Waals surface area contributed by atoms with Gasteiger partial charge < -0.3 is 15.0 Å². The highest BCUT2D eigenvalue weighted by molar-refractivity contribution is 5.66. The number of rotatable bonds is 5. The maximum atomic E-state index is 5.06. The number of aryl methyl sites for hydroxylation is 2. The van der Waals surface area contributed by atoms with Gasteiger partial charge in [-0.25, -0.2) is 4.98 Å². The Bertz CT molecular complexity index is 644. The first-order valence-electron chi connectivity index (χ1n) is 7.72. The average molecular weight is 298 g/mol. The molecule has 5 nitrogen and oxygen atoms in total. The molecule has 5 heteroatoms. The molecule has 1 N–H and O–H groups in total. The first-order chi connectivity index (χ1) is 10.8. The molecule has 2 aromatic rings. The van der Waals surface area contributed by atoms with Crippen molar-refractivity contribution >= 4 is 17.5 Å². The second kappa shape index (κ2) is 6.75. The summed E-state index contributed by atoms with van der Waals surface area (Å²) in [5, 5.41) is 3.22. The molecule has 0 bridgehead atoms. The Morgan fingerprint density at radius 3 is 3.00 bits per heavy atom. The van der Waals surface area contributed by atoms with Crippen LogP contribution in [0.2, 0.25) is 0 Å². The first-order valence-corrected chi connectivity index (χ1v) is 7.72. The van der Waals surface area contributed by atoms with Gasteiger partial charge in [0.15, 0.2) is 0 Å². The van der Waals surface area contributed by atoms with Crippen molar-refractivity contribution in [3.05, 3.63) is 41.6 Å². The number of nitrogens with one attached hydrogen (secondary N) is 1. The zero-order valence-electron chi connectivity index (χ0n) is 13.2. The summed E-state index contributed by atoms with van der Waals surface area (Å²) in [6, 6.07) is 10.6. The Morgan fingerprint density at radius 1 is 1.27 bits per heavy atom. The van der Waals surface area contributed by atoms with Crippen molar-refractivity contribution in [2.75, 3.05) is 37.0 Å². The van der Waals surface area contributed by atoms with E-state index in [1.165, 1.54) is 11.3 Å². The van der Waals surface area contributed by atoms with Crippen molar-refractivity contribution in [1.82, 2.24) is 9.97 Å². The smallest absolute Gasteiger partial charge is 0.224 e. The maximum absolute atomic E-state index is 5.06. The zero-order chi connectivity index (χ0) is 15.4. The second-order valence-corrected chi connectivity index (χ2v) is 5.49. The summed E-state index contributed by atoms with van der Waals surface area (Å²) in [5.74, 6) is 1.62. The van der Waals surface area contributed by atoms with Gasteiger partial charge in [-0.3, -0.25) is 0 Å². The van der Waals surface area contributed by atoms with E-state index in [0.29, 0.717) is 19.1 Å². The van der Waals surface area contributed by atoms with Gasteiger partial charge in [0.1, 0.15) is 5.82 Å². The molecule has 1 aliphatic rings. The number of ether oxygens (including phenoxy) is 1. The van der Waals surface area contributed by atoms with Gasteiger partial charge in [0.2, 0.25) is 5.95 Å². The normalized spacial score (nSPS) is 13.8. The van der Waals surface area contributed by atoms with Crippen LogP contribution in [0.25, 0.3) is 0 Å². The Kier molecular flexibility index (Phi) is 4.53. The molecular weight excluding hydrogens is 276 g/mol. The lowest BCUT2D eigenvalue weighted by molar-refractivity contribution is 0.210. The predicted octanol–water partition coefficient (Wildman–Crippen LogP) is 2.93. The van der Waals surface area contributed by atoms with Crippen molar-refractivity contribution in [3.8, 4) is 0 Å². The molecule has 0 unspecified atom stereocenters. The summed E-state index contributed by atoms with van der Waals surface area (Å²) in [7, 11) is 1.69. The number of para-hydroxylation sites is 1. The predicted molar refractivity (Wildman–Crippen MR) is 88.9 cm³/mol. The minimum absolute atomic E-state index is 0.638. The van der Waals surface area contributed by atoms with Crippen molar-refractivity contribution in [2.45, 2.75) is 19.8 Å². The molecule has 0 saturated heterocycles. The molecule has 2 heterocycles. The quantitative estimate of drug-likeness (QED) is 0.860. The number of methoxy groups -OCH3 is 1. The fourth-order valence-corrected chi connectivity index (χ4v) is 2.81. The number of hydrogen-bond donors (Lipinski definition) is 1. The van der Waals surface area contributed by atoms with Gasteiger partial charge in [-0.1, -0.05) is 18.2 Å². The van der Waals surface area contributed by atoms with E-state index in [1.807, 2.05) is 13.0 Å². The van der Waals surface area contributed by atoms with Crippen LogP contribution in [0, 0.1) is 6.92 Å². The van der Waals surface area contributed by atoms with E-state index in [9.17, 15) is 0 Å². The molecule has 0 saturated carbocycles. The summed E-state index contributed by atoms with van der Waals surface area (Å²) in [4.78, 5) is 11.4. The van der Waals surface area contributed by atoms with Crippen LogP contribution in [0.15, 0.2) is 30.3 Å². The molecule has 0 atom stereocenters. The van der Waals surface area contributed by atoms with Gasteiger partial charge in [0, 0.05) is 37.6 Å². The molecule has 1 aromatic heterocycles. The highest BCUT2D eigenvalue weighted by Crippen LogP contribution is 2.32. The highest BCUT2D eigenvalue weighted by Gasteiger charge is 2.19. The number of benzene rings is 1. The fraction of sp³-hybridized carbons (Fsp3) is 0.412. The van der Waals surface area contributed by atoms with Crippen molar-refractivity contribution in [1.29, 1.82) is 0 Å². The number of fused-ring (bicyclic) bond motifs is 1. The van der Waals surface area contributed by atoms with Gasteiger partial charge >= 0.3 is 0 Å². The minimum atomic E-state index is 0.638. The van der Waals surface area contributed by atoms with Crippen LogP contribution in [0.4, 0.5) is 17.5 Å². The SMILES string of the molecule is COCCNc1nc(C)cc(N2CCCc3ccccc32)n1. The Hall–Kier alpha value is -2.14. The lowest BCUT2D eigenvalue weighted by Gasteiger charge is -2.30. The average Bonchev–Trinajstić information content (AvgIpc) is 2.54. The Labute approximate surface area is 131 Å². The van der Waals surface area contributed by atoms with Gasteiger partial charge in [-0.05, 0) is 31.4 Å². The van der Waals surface area contributed by atoms with E-state index in [4.69, 9.17) is 4.74 Å². The molecule has 0 radical (unpaired) electrons. The summed E-state index contributed by atoms with van der Waals surface area (Å²) >= 11 is 0. The number of anilines is 3. The standard InChI is InChI=1S/C17H22N4O/c1-13-12-16(20-17(19-13)18-9-11-22-2)21-10-5-7-14-6-3-4-8-15(14)21/h3-4,6,8,12H,5,7,9-11H2,1-2H3,(H,18,19,20). The highest BCUT2D eigenvalue weighted by atomic mass is 16.5. The number of nitrogens with zero attached hydrogens (tertiary/aromatic N) is 3. The molecule has 0 fully saturated rings. The summed E-state index contributed by atoms with van der Waals surface area (Å²) in [6.07, 6.45) is 2.28. The van der Waals surface area contributed by atoms with Crippen molar-refractivity contribution in [3.63, 3.8) is 0 Å². The molecule has 0 spiro atoms. The second-order valence-electron chi connectivity index (χ2n) is 5.49. The summed E-state index contributed by atoms with van der Waals surface area (Å²) in [5.41, 5.74) is 3.61. The molecule has 22 heavy (non-hydrogen) atoms. The van der Waals surface area contributed by atoms with Crippen LogP contribution in [-0.4, -0.2) is 36.8 Å². The molecule has 116 valence electrons. The molecule has 1 aromatic carbocycles. The largest absolute Gasteiger partial charge is 0.383 e. The lowest BCUT2D eigenvalue weighted by Crippen LogP contribution is -2.26. The topological polar surface area (TPSA) is 50.3 Å². The fourth-order valence-electron chi connectivity index (χ4n) is 2.81. The zero-order valence-corrected chi connectivity index (χ0v) is 13.2. The van der Waals surface area contributed by atoms with Crippen LogP contribution < -0.4 is 10.2 Å². The molecule has 0 aliphatic carbocycles. The van der Waals surface area contributed by atoms with Gasteiger partial charge in [-0.2, -0.15) is 4.98 Å². The van der Waals surface area contributed by atoms with E-state index in [2.05, 4.69) is 44.5 Å². The van der Waals surface area contributed by atoms with E-state index < -0.39 is 0 Å². The maximum Gasteiger partial charge on any atom is 0.224 e. The van der Waals surface area contributed by atoms with Gasteiger partial charge in [0.25, 0.3) is 0 Å². The third kappa shape index (κ3) is 3.20. The Balaban J connectivity index is 1.89. The summed E-state index contributed by atoms with van der Waals surface area (Å²) in [6.45, 7) is 4.34. The van der Waals surface area contributed by atoms with E-state index in [-0.39, 0.29) is 0 Å². The lowest BCUT2D eigenvalue weighted by atomic mass is 10.0. The first kappa shape index (κ1) is 14.8. The van der Waals surface area contributed by atoms with Crippen molar-refractivity contribution < 1.29 is 4.74 Å². The monoisotopic (exact) mass is 298 g/mol. The number of aromatic nitrogens is 2. The van der Waals surface area contributed by atoms with Crippen LogP contribution in [0.5, 0.6) is 0 Å². The molecular formula is C17H22N4O. The van der Waals surface area contributed by atoms with Gasteiger partial charge in [0.05, 0.1) is 6.61 Å². The minimum Gasteiger partial charge on any atom is -0.383 e. The van der Waals surface area contributed by atoms with Crippen molar-refractivity contribution in [2.24, 2.45) is 0 Å². The molecule has 3 rings (SSSR count). The number of hydrogen-bond acceptors (Lipinski definition) is 5. The summed E-state index contributed by atoms with van der Waals surface area (Å²) < 4.78 is 5.06. The third-order valence-electron chi connectivity index (χ3n) is 3.82. The van der Waals surface area contributed by atoms with E-state index >= 15 is 0 Å². The van der Waals surface area contributed by atoms with E-state index in [1.54, 1.807) is 7.11 Å². The third-order valence-corrected chi connectivity index (χ3v) is 3.82. The molecule has 1 aliphatic heterocycles. The van der Waals surface area contributed by atoms with Crippen LogP contribution in [0.3, 0.4) is 0 Å². The van der Waals surface area contributed by atoms with Crippen LogP contribution in [0.1, 0.15) is 17.7 Å². The van der Waals surface area contributed by atoms with Crippen LogP contribution in [-0.2, 0) is 11.2 Å². The molecule has 0 amide bonds. The van der Waals surface area contributed by atoms with Gasteiger partial charge in [-0.15, -0.1) is 0 Å². The van der Waals surface area contributed by atoms with E-state index in [0.717, 1.165) is 30.9 Å². The Morgan fingerprint density at radius 2 is 2.14 bits per heavy atom. The van der Waals surface area contributed by atoms with Crippen LogP contribution >= 0.6 is 0 Å².